The number of halogens is 1. The average Bonchev–Trinajstić information content (AvgIpc) is 2.66. The topological polar surface area (TPSA) is 58.9 Å². The summed E-state index contributed by atoms with van der Waals surface area (Å²) in [6.07, 6.45) is 0.691. The maximum Gasteiger partial charge on any atom is 0.391 e. The number of ether oxygens (including phenoxy) is 1. The van der Waals surface area contributed by atoms with Crippen LogP contribution in [0.2, 0.25) is 0 Å². The van der Waals surface area contributed by atoms with Crippen molar-refractivity contribution < 1.29 is 14.6 Å². The van der Waals surface area contributed by atoms with Crippen molar-refractivity contribution in [3.8, 4) is 0 Å². The van der Waals surface area contributed by atoms with Crippen LogP contribution in [0.1, 0.15) is 5.56 Å². The van der Waals surface area contributed by atoms with Crippen LogP contribution in [0.5, 0.6) is 0 Å². The Morgan fingerprint density at radius 3 is 3.06 bits per heavy atom. The van der Waals surface area contributed by atoms with Crippen LogP contribution in [-0.2, 0) is 16.0 Å². The molecule has 1 N–H and O–H groups in total. The summed E-state index contributed by atoms with van der Waals surface area (Å²) in [5.41, 5.74) is 1.11. The Balaban J connectivity index is 2.04. The SMILES string of the molecule is O=C(O)C1=NC(Cc2cccc(Br)c2)CO1. The molecule has 0 spiro atoms. The Bertz CT molecular complexity index is 445. The van der Waals surface area contributed by atoms with Gasteiger partial charge in [0.15, 0.2) is 0 Å². The highest BCUT2D eigenvalue weighted by Gasteiger charge is 2.23. The molecule has 1 aliphatic heterocycles. The van der Waals surface area contributed by atoms with Gasteiger partial charge in [-0.15, -0.1) is 0 Å². The largest absolute Gasteiger partial charge is 0.474 e. The predicted molar refractivity (Wildman–Crippen MR) is 62.7 cm³/mol. The molecule has 4 nitrogen and oxygen atoms in total. The fourth-order valence-corrected chi connectivity index (χ4v) is 2.02. The van der Waals surface area contributed by atoms with E-state index in [9.17, 15) is 4.79 Å². The molecule has 1 unspecified atom stereocenters. The second-order valence-electron chi connectivity index (χ2n) is 3.54. The molecule has 2 rings (SSSR count). The smallest absolute Gasteiger partial charge is 0.391 e. The molecule has 0 aromatic heterocycles. The van der Waals surface area contributed by atoms with Crippen molar-refractivity contribution in [3.05, 3.63) is 34.3 Å². The number of hydrogen-bond acceptors (Lipinski definition) is 3. The van der Waals surface area contributed by atoms with Crippen molar-refractivity contribution in [2.24, 2.45) is 4.99 Å². The van der Waals surface area contributed by atoms with Crippen molar-refractivity contribution in [2.75, 3.05) is 6.61 Å². The van der Waals surface area contributed by atoms with Gasteiger partial charge in [0.1, 0.15) is 6.61 Å². The molecule has 1 aliphatic rings. The van der Waals surface area contributed by atoms with Crippen LogP contribution < -0.4 is 0 Å². The maximum atomic E-state index is 10.6. The zero-order chi connectivity index (χ0) is 11.5. The van der Waals surface area contributed by atoms with Gasteiger partial charge in [0.2, 0.25) is 0 Å². The van der Waals surface area contributed by atoms with E-state index in [0.717, 1.165) is 10.0 Å². The van der Waals surface area contributed by atoms with Gasteiger partial charge in [-0.3, -0.25) is 0 Å². The van der Waals surface area contributed by atoms with Gasteiger partial charge in [-0.2, -0.15) is 0 Å². The van der Waals surface area contributed by atoms with E-state index in [4.69, 9.17) is 9.84 Å². The van der Waals surface area contributed by atoms with Gasteiger partial charge in [-0.05, 0) is 24.1 Å². The highest BCUT2D eigenvalue weighted by molar-refractivity contribution is 9.10. The van der Waals surface area contributed by atoms with Gasteiger partial charge < -0.3 is 9.84 Å². The highest BCUT2D eigenvalue weighted by atomic mass is 79.9. The third kappa shape index (κ3) is 2.61. The number of carboxylic acid groups (broad SMARTS) is 1. The maximum absolute atomic E-state index is 10.6. The van der Waals surface area contributed by atoms with E-state index in [1.54, 1.807) is 0 Å². The molecule has 0 radical (unpaired) electrons. The number of benzene rings is 1. The van der Waals surface area contributed by atoms with Gasteiger partial charge in [-0.1, -0.05) is 28.1 Å². The molecule has 0 saturated heterocycles. The zero-order valence-corrected chi connectivity index (χ0v) is 9.98. The Kier molecular flexibility index (Phi) is 3.24. The second kappa shape index (κ2) is 4.65. The van der Waals surface area contributed by atoms with Crippen LogP contribution in [0, 0.1) is 0 Å². The minimum absolute atomic E-state index is 0.0969. The van der Waals surface area contributed by atoms with Gasteiger partial charge in [-0.25, -0.2) is 9.79 Å². The van der Waals surface area contributed by atoms with Crippen LogP contribution >= 0.6 is 15.9 Å². The van der Waals surface area contributed by atoms with Crippen molar-refractivity contribution in [2.45, 2.75) is 12.5 Å². The monoisotopic (exact) mass is 283 g/mol. The summed E-state index contributed by atoms with van der Waals surface area (Å²) in [6, 6.07) is 7.77. The first kappa shape index (κ1) is 11.1. The van der Waals surface area contributed by atoms with Crippen LogP contribution in [-0.4, -0.2) is 29.6 Å². The summed E-state index contributed by atoms with van der Waals surface area (Å²) in [5, 5.41) is 8.68. The Morgan fingerprint density at radius 1 is 1.62 bits per heavy atom. The van der Waals surface area contributed by atoms with Gasteiger partial charge in [0.25, 0.3) is 5.90 Å². The van der Waals surface area contributed by atoms with Crippen molar-refractivity contribution in [1.29, 1.82) is 0 Å². The highest BCUT2D eigenvalue weighted by Crippen LogP contribution is 2.16. The molecule has 1 aromatic rings. The van der Waals surface area contributed by atoms with Crippen LogP contribution in [0.15, 0.2) is 33.7 Å². The average molecular weight is 284 g/mol. The number of rotatable bonds is 3. The van der Waals surface area contributed by atoms with E-state index in [0.29, 0.717) is 13.0 Å². The number of aliphatic carboxylic acids is 1. The summed E-state index contributed by atoms with van der Waals surface area (Å²) in [6.45, 7) is 0.341. The molecule has 16 heavy (non-hydrogen) atoms. The Morgan fingerprint density at radius 2 is 2.44 bits per heavy atom. The van der Waals surface area contributed by atoms with Gasteiger partial charge >= 0.3 is 5.97 Å². The third-order valence-electron chi connectivity index (χ3n) is 2.26. The molecule has 1 atom stereocenters. The van der Waals surface area contributed by atoms with E-state index in [1.165, 1.54) is 0 Å². The van der Waals surface area contributed by atoms with E-state index in [-0.39, 0.29) is 11.9 Å². The molecule has 5 heteroatoms. The van der Waals surface area contributed by atoms with Crippen molar-refractivity contribution in [3.63, 3.8) is 0 Å². The minimum atomic E-state index is -1.10. The lowest BCUT2D eigenvalue weighted by molar-refractivity contribution is -0.130. The van der Waals surface area contributed by atoms with E-state index in [2.05, 4.69) is 20.9 Å². The summed E-state index contributed by atoms with van der Waals surface area (Å²) in [4.78, 5) is 14.6. The van der Waals surface area contributed by atoms with Gasteiger partial charge in [0.05, 0.1) is 6.04 Å². The second-order valence-corrected chi connectivity index (χ2v) is 4.45. The normalized spacial score (nSPS) is 19.1. The number of nitrogens with zero attached hydrogens (tertiary/aromatic N) is 1. The van der Waals surface area contributed by atoms with Gasteiger partial charge in [0, 0.05) is 4.47 Å². The first-order valence-electron chi connectivity index (χ1n) is 4.83. The molecule has 0 amide bonds. The lowest BCUT2D eigenvalue weighted by Gasteiger charge is -2.05. The van der Waals surface area contributed by atoms with Crippen molar-refractivity contribution in [1.82, 2.24) is 0 Å². The molecular weight excluding hydrogens is 274 g/mol. The zero-order valence-electron chi connectivity index (χ0n) is 8.39. The van der Waals surface area contributed by atoms with Crippen LogP contribution in [0.3, 0.4) is 0 Å². The first-order chi connectivity index (χ1) is 7.65. The molecule has 84 valence electrons. The number of carboxylic acids is 1. The quantitative estimate of drug-likeness (QED) is 0.921. The lowest BCUT2D eigenvalue weighted by atomic mass is 10.1. The lowest BCUT2D eigenvalue weighted by Crippen LogP contribution is -2.12. The number of hydrogen-bond donors (Lipinski definition) is 1. The van der Waals surface area contributed by atoms with E-state index >= 15 is 0 Å². The van der Waals surface area contributed by atoms with E-state index < -0.39 is 5.97 Å². The number of carbonyl (C=O) groups is 1. The molecule has 0 saturated carbocycles. The summed E-state index contributed by atoms with van der Waals surface area (Å²) < 4.78 is 5.97. The third-order valence-corrected chi connectivity index (χ3v) is 2.75. The fraction of sp³-hybridized carbons (Fsp3) is 0.273. The Labute approximate surface area is 101 Å². The van der Waals surface area contributed by atoms with Crippen LogP contribution in [0.4, 0.5) is 0 Å². The molecular formula is C11H10BrNO3. The summed E-state index contributed by atoms with van der Waals surface area (Å²) >= 11 is 3.39. The number of aliphatic imine (C=N–C) groups is 1. The summed E-state index contributed by atoms with van der Waals surface area (Å²) in [5.74, 6) is -1.28. The fourth-order valence-electron chi connectivity index (χ4n) is 1.57. The van der Waals surface area contributed by atoms with E-state index in [1.807, 2.05) is 24.3 Å². The standard InChI is InChI=1S/C11H10BrNO3/c12-8-3-1-2-7(4-8)5-9-6-16-10(13-9)11(14)15/h1-4,9H,5-6H2,(H,14,15). The first-order valence-corrected chi connectivity index (χ1v) is 5.63. The summed E-state index contributed by atoms with van der Waals surface area (Å²) in [7, 11) is 0. The molecule has 0 fully saturated rings. The Hall–Kier alpha value is -1.36. The molecule has 1 heterocycles. The molecule has 0 bridgehead atoms. The predicted octanol–water partition coefficient (Wildman–Crippen LogP) is 1.87. The van der Waals surface area contributed by atoms with Crippen molar-refractivity contribution >= 4 is 27.8 Å². The molecule has 1 aromatic carbocycles. The minimum Gasteiger partial charge on any atom is -0.474 e. The molecule has 0 aliphatic carbocycles. The van der Waals surface area contributed by atoms with Crippen LogP contribution in [0.25, 0.3) is 0 Å².